The van der Waals surface area contributed by atoms with Gasteiger partial charge >= 0.3 is 0 Å². The zero-order valence-electron chi connectivity index (χ0n) is 15.3. The average Bonchev–Trinajstić information content (AvgIpc) is 3.35. The highest BCUT2D eigenvalue weighted by molar-refractivity contribution is 6.28. The number of hydrogen-bond donors (Lipinski definition) is 4. The van der Waals surface area contributed by atoms with E-state index in [-0.39, 0.29) is 11.3 Å². The van der Waals surface area contributed by atoms with Gasteiger partial charge in [-0.3, -0.25) is 4.57 Å². The number of fused-ring (bicyclic) bond motifs is 1. The van der Waals surface area contributed by atoms with Crippen LogP contribution in [0.25, 0.3) is 11.2 Å². The molecule has 2 aliphatic rings. The Morgan fingerprint density at radius 2 is 2.18 bits per heavy atom. The summed E-state index contributed by atoms with van der Waals surface area (Å²) in [6.07, 6.45) is -0.848. The largest absolute Gasteiger partial charge is 0.394 e. The number of aliphatic hydroxyl groups excluding tert-OH is 3. The molecule has 2 saturated heterocycles. The summed E-state index contributed by atoms with van der Waals surface area (Å²) < 4.78 is 12.3. The van der Waals surface area contributed by atoms with E-state index in [0.717, 1.165) is 19.4 Å². The Hall–Kier alpha value is -1.60. The summed E-state index contributed by atoms with van der Waals surface area (Å²) in [5.74, 6) is 0.434. The summed E-state index contributed by atoms with van der Waals surface area (Å²) in [6.45, 7) is 0.998. The maximum absolute atomic E-state index is 10.3. The molecule has 0 unspecified atom stereocenters. The van der Waals surface area contributed by atoms with Gasteiger partial charge in [-0.2, -0.15) is 9.97 Å². The molecule has 5 atom stereocenters. The van der Waals surface area contributed by atoms with Crippen LogP contribution in [0.3, 0.4) is 0 Å². The highest BCUT2D eigenvalue weighted by Crippen LogP contribution is 2.33. The fourth-order valence-corrected chi connectivity index (χ4v) is 3.91. The second-order valence-electron chi connectivity index (χ2n) is 6.95. The molecular weight excluding hydrogens is 392 g/mol. The highest BCUT2D eigenvalue weighted by atomic mass is 35.5. The van der Waals surface area contributed by atoms with Crippen LogP contribution in [0.1, 0.15) is 19.1 Å². The Kier molecular flexibility index (Phi) is 5.65. The standard InChI is InChI=1S/C16H23ClN6O5/c1-27-6-8-3-2-4-23(8)21-13-10-14(20-16(17)19-13)22(7-18-10)15-12(26)11(25)9(5-24)28-15/h7-9,11-12,15,24-26H,2-6H2,1H3,(H,19,20,21)/t8-,9+,11+,12+,15+/m0/s1. The molecule has 12 heteroatoms. The van der Waals surface area contributed by atoms with Crippen LogP contribution in [0.5, 0.6) is 0 Å². The van der Waals surface area contributed by atoms with E-state index in [0.29, 0.717) is 23.6 Å². The van der Waals surface area contributed by atoms with Crippen LogP contribution < -0.4 is 5.43 Å². The molecule has 2 aliphatic heterocycles. The van der Waals surface area contributed by atoms with E-state index in [1.165, 1.54) is 10.9 Å². The first-order valence-electron chi connectivity index (χ1n) is 9.08. The number of aliphatic hydroxyl groups is 3. The van der Waals surface area contributed by atoms with Crippen LogP contribution in [0.4, 0.5) is 5.82 Å². The highest BCUT2D eigenvalue weighted by Gasteiger charge is 2.44. The van der Waals surface area contributed by atoms with Crippen molar-refractivity contribution in [2.75, 3.05) is 32.3 Å². The number of hydrazine groups is 1. The third-order valence-corrected chi connectivity index (χ3v) is 5.34. The molecule has 154 valence electrons. The zero-order chi connectivity index (χ0) is 19.8. The lowest BCUT2D eigenvalue weighted by molar-refractivity contribution is -0.0511. The predicted molar refractivity (Wildman–Crippen MR) is 98.6 cm³/mol. The SMILES string of the molecule is COC[C@@H]1CCCN1Nc1nc(Cl)nc2c1ncn2[C@@H]1O[C@H](CO)[C@@H](O)[C@H]1O. The lowest BCUT2D eigenvalue weighted by Crippen LogP contribution is -2.37. The second kappa shape index (κ2) is 8.03. The van der Waals surface area contributed by atoms with Crippen LogP contribution >= 0.6 is 11.6 Å². The van der Waals surface area contributed by atoms with Gasteiger partial charge in [0.25, 0.3) is 0 Å². The number of halogens is 1. The van der Waals surface area contributed by atoms with Crippen LogP contribution in [-0.2, 0) is 9.47 Å². The molecule has 4 rings (SSSR count). The van der Waals surface area contributed by atoms with Crippen molar-refractivity contribution in [2.24, 2.45) is 0 Å². The van der Waals surface area contributed by atoms with Gasteiger partial charge < -0.3 is 30.2 Å². The molecule has 4 heterocycles. The maximum atomic E-state index is 10.3. The van der Waals surface area contributed by atoms with E-state index in [1.54, 1.807) is 7.11 Å². The smallest absolute Gasteiger partial charge is 0.226 e. The summed E-state index contributed by atoms with van der Waals surface area (Å²) >= 11 is 6.12. The molecule has 0 bridgehead atoms. The monoisotopic (exact) mass is 414 g/mol. The van der Waals surface area contributed by atoms with Crippen molar-refractivity contribution in [1.82, 2.24) is 24.5 Å². The van der Waals surface area contributed by atoms with Crippen LogP contribution in [-0.4, -0.2) is 91.1 Å². The third kappa shape index (κ3) is 3.43. The number of hydrogen-bond acceptors (Lipinski definition) is 10. The number of ether oxygens (including phenoxy) is 2. The molecule has 0 saturated carbocycles. The minimum absolute atomic E-state index is 0.00554. The number of imidazole rings is 1. The van der Waals surface area contributed by atoms with Crippen LogP contribution in [0.15, 0.2) is 6.33 Å². The Bertz CT molecular complexity index is 837. The van der Waals surface area contributed by atoms with Gasteiger partial charge in [0.05, 0.1) is 25.6 Å². The number of nitrogens with one attached hydrogen (secondary N) is 1. The minimum atomic E-state index is -1.25. The normalized spacial score (nSPS) is 31.1. The van der Waals surface area contributed by atoms with E-state index in [9.17, 15) is 15.3 Å². The van der Waals surface area contributed by atoms with Crippen molar-refractivity contribution in [3.8, 4) is 0 Å². The van der Waals surface area contributed by atoms with Crippen molar-refractivity contribution in [1.29, 1.82) is 0 Å². The minimum Gasteiger partial charge on any atom is -0.394 e. The first-order valence-corrected chi connectivity index (χ1v) is 9.46. The molecule has 0 radical (unpaired) electrons. The maximum Gasteiger partial charge on any atom is 0.226 e. The Balaban J connectivity index is 1.66. The lowest BCUT2D eigenvalue weighted by Gasteiger charge is -2.25. The lowest BCUT2D eigenvalue weighted by atomic mass is 10.1. The quantitative estimate of drug-likeness (QED) is 0.459. The summed E-state index contributed by atoms with van der Waals surface area (Å²) in [6, 6.07) is 0.205. The first kappa shape index (κ1) is 19.7. The number of anilines is 1. The Morgan fingerprint density at radius 1 is 1.36 bits per heavy atom. The average molecular weight is 415 g/mol. The summed E-state index contributed by atoms with van der Waals surface area (Å²) in [4.78, 5) is 12.8. The fraction of sp³-hybridized carbons (Fsp3) is 0.688. The molecular formula is C16H23ClN6O5. The van der Waals surface area contributed by atoms with Gasteiger partial charge in [0.1, 0.15) is 18.3 Å². The Labute approximate surface area is 165 Å². The number of aromatic nitrogens is 4. The van der Waals surface area contributed by atoms with Crippen molar-refractivity contribution in [3.05, 3.63) is 11.6 Å². The van der Waals surface area contributed by atoms with Crippen molar-refractivity contribution >= 4 is 28.6 Å². The zero-order valence-corrected chi connectivity index (χ0v) is 16.0. The molecule has 0 aromatic carbocycles. The van der Waals surface area contributed by atoms with Gasteiger partial charge in [0, 0.05) is 13.7 Å². The molecule has 0 aliphatic carbocycles. The number of rotatable bonds is 6. The second-order valence-corrected chi connectivity index (χ2v) is 7.29. The fourth-order valence-electron chi connectivity index (χ4n) is 3.75. The van der Waals surface area contributed by atoms with Crippen molar-refractivity contribution in [2.45, 2.75) is 43.4 Å². The molecule has 2 aromatic heterocycles. The van der Waals surface area contributed by atoms with Crippen LogP contribution in [0, 0.1) is 0 Å². The van der Waals surface area contributed by atoms with Gasteiger partial charge in [0.15, 0.2) is 23.2 Å². The van der Waals surface area contributed by atoms with Crippen LogP contribution in [0.2, 0.25) is 5.28 Å². The topological polar surface area (TPSA) is 138 Å². The summed E-state index contributed by atoms with van der Waals surface area (Å²) in [5, 5.41) is 31.7. The number of nitrogens with zero attached hydrogens (tertiary/aromatic N) is 5. The molecule has 2 fully saturated rings. The van der Waals surface area contributed by atoms with E-state index < -0.39 is 31.1 Å². The van der Waals surface area contributed by atoms with Gasteiger partial charge in [-0.15, -0.1) is 0 Å². The van der Waals surface area contributed by atoms with Gasteiger partial charge in [0.2, 0.25) is 5.28 Å². The predicted octanol–water partition coefficient (Wildman–Crippen LogP) is -0.471. The molecule has 28 heavy (non-hydrogen) atoms. The van der Waals surface area contributed by atoms with E-state index in [1.807, 2.05) is 5.01 Å². The molecule has 0 amide bonds. The van der Waals surface area contributed by atoms with Gasteiger partial charge in [-0.05, 0) is 24.4 Å². The third-order valence-electron chi connectivity index (χ3n) is 5.17. The molecule has 4 N–H and O–H groups in total. The van der Waals surface area contributed by atoms with Crippen molar-refractivity contribution in [3.63, 3.8) is 0 Å². The van der Waals surface area contributed by atoms with E-state index in [4.69, 9.17) is 21.1 Å². The molecule has 2 aromatic rings. The molecule has 0 spiro atoms. The summed E-state index contributed by atoms with van der Waals surface area (Å²) in [7, 11) is 1.67. The Morgan fingerprint density at radius 3 is 2.89 bits per heavy atom. The summed E-state index contributed by atoms with van der Waals surface area (Å²) in [5.41, 5.74) is 4.05. The number of methoxy groups -OCH3 is 1. The van der Waals surface area contributed by atoms with Gasteiger partial charge in [-0.1, -0.05) is 0 Å². The first-order chi connectivity index (χ1) is 13.5. The van der Waals surface area contributed by atoms with E-state index >= 15 is 0 Å². The van der Waals surface area contributed by atoms with E-state index in [2.05, 4.69) is 20.4 Å². The molecule has 11 nitrogen and oxygen atoms in total. The van der Waals surface area contributed by atoms with Gasteiger partial charge in [-0.25, -0.2) is 9.99 Å². The van der Waals surface area contributed by atoms with Crippen molar-refractivity contribution < 1.29 is 24.8 Å².